The number of nitrogens with zero attached hydrogens (tertiary/aromatic N) is 2. The summed E-state index contributed by atoms with van der Waals surface area (Å²) in [6, 6.07) is 7.10. The van der Waals surface area contributed by atoms with Crippen LogP contribution in [-0.2, 0) is 4.79 Å². The van der Waals surface area contributed by atoms with Gasteiger partial charge in [-0.2, -0.15) is 5.10 Å². The smallest absolute Gasteiger partial charge is 0.341 e. The first-order valence-corrected chi connectivity index (χ1v) is 5.18. The van der Waals surface area contributed by atoms with Crippen LogP contribution < -0.4 is 4.74 Å². The largest absolute Gasteiger partial charge is 0.479 e. The van der Waals surface area contributed by atoms with Gasteiger partial charge in [-0.1, -0.05) is 11.6 Å². The molecule has 88 valence electrons. The molecule has 5 nitrogen and oxygen atoms in total. The molecular formula is C11H9ClN2O3. The molecule has 0 aliphatic rings. The Kier molecular flexibility index (Phi) is 3.30. The molecule has 0 unspecified atom stereocenters. The summed E-state index contributed by atoms with van der Waals surface area (Å²) in [7, 11) is 0. The molecule has 1 aromatic heterocycles. The van der Waals surface area contributed by atoms with Crippen LogP contribution in [-0.4, -0.2) is 27.5 Å². The molecular weight excluding hydrogens is 244 g/mol. The van der Waals surface area contributed by atoms with Gasteiger partial charge in [0.1, 0.15) is 0 Å². The zero-order valence-electron chi connectivity index (χ0n) is 8.71. The van der Waals surface area contributed by atoms with Gasteiger partial charge in [-0.15, -0.1) is 0 Å². The van der Waals surface area contributed by atoms with Crippen LogP contribution in [0, 0.1) is 0 Å². The predicted molar refractivity (Wildman–Crippen MR) is 61.7 cm³/mol. The highest BCUT2D eigenvalue weighted by molar-refractivity contribution is 6.30. The molecule has 1 aromatic carbocycles. The lowest BCUT2D eigenvalue weighted by atomic mass is 10.3. The highest BCUT2D eigenvalue weighted by atomic mass is 35.5. The third-order valence-corrected chi connectivity index (χ3v) is 2.26. The van der Waals surface area contributed by atoms with Crippen molar-refractivity contribution in [2.45, 2.75) is 0 Å². The minimum absolute atomic E-state index is 0.383. The standard InChI is InChI=1S/C11H9ClN2O3/c12-8-1-3-9(4-2-8)14-6-10(5-13-14)17-7-11(15)16/h1-6H,7H2,(H,15,16). The van der Waals surface area contributed by atoms with E-state index >= 15 is 0 Å². The Balaban J connectivity index is 2.12. The van der Waals surface area contributed by atoms with Gasteiger partial charge in [0.2, 0.25) is 0 Å². The van der Waals surface area contributed by atoms with Crippen LogP contribution in [0.15, 0.2) is 36.7 Å². The number of benzene rings is 1. The Morgan fingerprint density at radius 2 is 2.12 bits per heavy atom. The molecule has 0 atom stereocenters. The van der Waals surface area contributed by atoms with Crippen molar-refractivity contribution in [2.24, 2.45) is 0 Å². The zero-order valence-corrected chi connectivity index (χ0v) is 9.46. The quantitative estimate of drug-likeness (QED) is 0.904. The number of carboxylic acids is 1. The molecule has 17 heavy (non-hydrogen) atoms. The first kappa shape index (κ1) is 11.5. The topological polar surface area (TPSA) is 64.3 Å². The maximum Gasteiger partial charge on any atom is 0.341 e. The molecule has 0 saturated carbocycles. The average Bonchev–Trinajstić information content (AvgIpc) is 2.76. The van der Waals surface area contributed by atoms with Gasteiger partial charge >= 0.3 is 5.97 Å². The number of hydrogen-bond acceptors (Lipinski definition) is 3. The summed E-state index contributed by atoms with van der Waals surface area (Å²) in [5.74, 6) is -0.619. The van der Waals surface area contributed by atoms with Crippen molar-refractivity contribution < 1.29 is 14.6 Å². The summed E-state index contributed by atoms with van der Waals surface area (Å²) in [6.45, 7) is -0.383. The second-order valence-electron chi connectivity index (χ2n) is 3.28. The predicted octanol–water partition coefficient (Wildman–Crippen LogP) is 1.99. The minimum Gasteiger partial charge on any atom is -0.479 e. The minimum atomic E-state index is -1.02. The van der Waals surface area contributed by atoms with E-state index in [-0.39, 0.29) is 6.61 Å². The Labute approximate surface area is 102 Å². The first-order chi connectivity index (χ1) is 8.15. The van der Waals surface area contributed by atoms with Crippen molar-refractivity contribution in [3.8, 4) is 11.4 Å². The molecule has 2 rings (SSSR count). The molecule has 1 N–H and O–H groups in total. The molecule has 0 aliphatic heterocycles. The summed E-state index contributed by atoms with van der Waals surface area (Å²) in [5, 5.41) is 13.2. The summed E-state index contributed by atoms with van der Waals surface area (Å²) in [6.07, 6.45) is 3.06. The van der Waals surface area contributed by atoms with E-state index in [4.69, 9.17) is 21.4 Å². The van der Waals surface area contributed by atoms with Crippen molar-refractivity contribution in [3.63, 3.8) is 0 Å². The third kappa shape index (κ3) is 2.98. The molecule has 0 fully saturated rings. The second-order valence-corrected chi connectivity index (χ2v) is 3.72. The van der Waals surface area contributed by atoms with Crippen molar-refractivity contribution in [1.82, 2.24) is 9.78 Å². The van der Waals surface area contributed by atoms with E-state index in [0.29, 0.717) is 10.8 Å². The van der Waals surface area contributed by atoms with Gasteiger partial charge in [0.05, 0.1) is 18.1 Å². The highest BCUT2D eigenvalue weighted by Crippen LogP contribution is 2.16. The Morgan fingerprint density at radius 3 is 2.76 bits per heavy atom. The van der Waals surface area contributed by atoms with Gasteiger partial charge in [-0.3, -0.25) is 0 Å². The number of rotatable bonds is 4. The molecule has 0 saturated heterocycles. The van der Waals surface area contributed by atoms with E-state index < -0.39 is 5.97 Å². The first-order valence-electron chi connectivity index (χ1n) is 4.80. The van der Waals surface area contributed by atoms with E-state index in [1.165, 1.54) is 6.20 Å². The second kappa shape index (κ2) is 4.88. The van der Waals surface area contributed by atoms with Crippen molar-refractivity contribution in [2.75, 3.05) is 6.61 Å². The van der Waals surface area contributed by atoms with Crippen LogP contribution in [0.3, 0.4) is 0 Å². The van der Waals surface area contributed by atoms with Gasteiger partial charge in [0.15, 0.2) is 12.4 Å². The van der Waals surface area contributed by atoms with E-state index in [1.807, 2.05) is 0 Å². The maximum atomic E-state index is 10.3. The average molecular weight is 253 g/mol. The van der Waals surface area contributed by atoms with Crippen LogP contribution in [0.4, 0.5) is 0 Å². The Bertz CT molecular complexity index is 522. The van der Waals surface area contributed by atoms with E-state index in [1.54, 1.807) is 35.1 Å². The summed E-state index contributed by atoms with van der Waals surface area (Å²) in [4.78, 5) is 10.3. The number of aromatic nitrogens is 2. The lowest BCUT2D eigenvalue weighted by molar-refractivity contribution is -0.139. The molecule has 6 heteroatoms. The lowest BCUT2D eigenvalue weighted by Crippen LogP contribution is -2.08. The monoisotopic (exact) mass is 252 g/mol. The summed E-state index contributed by atoms with van der Waals surface area (Å²) in [5.41, 5.74) is 0.819. The summed E-state index contributed by atoms with van der Waals surface area (Å²) < 4.78 is 6.56. The molecule has 0 bridgehead atoms. The van der Waals surface area contributed by atoms with Gasteiger partial charge in [-0.05, 0) is 24.3 Å². The Morgan fingerprint density at radius 1 is 1.41 bits per heavy atom. The maximum absolute atomic E-state index is 10.3. The van der Waals surface area contributed by atoms with E-state index in [2.05, 4.69) is 5.10 Å². The molecule has 0 radical (unpaired) electrons. The van der Waals surface area contributed by atoms with Crippen LogP contribution in [0.25, 0.3) is 5.69 Å². The van der Waals surface area contributed by atoms with Crippen molar-refractivity contribution >= 4 is 17.6 Å². The number of aliphatic carboxylic acids is 1. The third-order valence-electron chi connectivity index (χ3n) is 2.01. The number of halogens is 1. The van der Waals surface area contributed by atoms with Crippen molar-refractivity contribution in [3.05, 3.63) is 41.7 Å². The molecule has 0 spiro atoms. The number of carbonyl (C=O) groups is 1. The Hall–Kier alpha value is -2.01. The van der Waals surface area contributed by atoms with E-state index in [9.17, 15) is 4.79 Å². The lowest BCUT2D eigenvalue weighted by Gasteiger charge is -2.00. The SMILES string of the molecule is O=C(O)COc1cnn(-c2ccc(Cl)cc2)c1. The number of hydrogen-bond donors (Lipinski definition) is 1. The van der Waals surface area contributed by atoms with Crippen LogP contribution in [0.2, 0.25) is 5.02 Å². The van der Waals surface area contributed by atoms with Gasteiger partial charge in [-0.25, -0.2) is 9.48 Å². The molecule has 0 amide bonds. The van der Waals surface area contributed by atoms with Crippen LogP contribution >= 0.6 is 11.6 Å². The van der Waals surface area contributed by atoms with Gasteiger partial charge in [0, 0.05) is 5.02 Å². The normalized spacial score (nSPS) is 10.2. The van der Waals surface area contributed by atoms with Crippen LogP contribution in [0.1, 0.15) is 0 Å². The molecule has 1 heterocycles. The van der Waals surface area contributed by atoms with Gasteiger partial charge in [0.25, 0.3) is 0 Å². The van der Waals surface area contributed by atoms with E-state index in [0.717, 1.165) is 5.69 Å². The molecule has 0 aliphatic carbocycles. The van der Waals surface area contributed by atoms with Crippen molar-refractivity contribution in [1.29, 1.82) is 0 Å². The highest BCUT2D eigenvalue weighted by Gasteiger charge is 2.03. The molecule has 2 aromatic rings. The fourth-order valence-electron chi connectivity index (χ4n) is 1.26. The summed E-state index contributed by atoms with van der Waals surface area (Å²) >= 11 is 5.77. The number of ether oxygens (including phenoxy) is 1. The fourth-order valence-corrected chi connectivity index (χ4v) is 1.39. The zero-order chi connectivity index (χ0) is 12.3. The van der Waals surface area contributed by atoms with Crippen LogP contribution in [0.5, 0.6) is 5.75 Å². The number of carboxylic acid groups (broad SMARTS) is 1. The fraction of sp³-hybridized carbons (Fsp3) is 0.0909. The van der Waals surface area contributed by atoms with Gasteiger partial charge < -0.3 is 9.84 Å².